The molecule has 2 N–H and O–H groups in total. The Hall–Kier alpha value is -4.07. The van der Waals surface area contributed by atoms with Crippen LogP contribution in [0, 0.1) is 6.92 Å². The monoisotopic (exact) mass is 447 g/mol. The number of nitrogens with one attached hydrogen (secondary N) is 1. The van der Waals surface area contributed by atoms with Crippen molar-refractivity contribution in [3.05, 3.63) is 94.1 Å². The summed E-state index contributed by atoms with van der Waals surface area (Å²) >= 11 is 0. The Morgan fingerprint density at radius 1 is 1.24 bits per heavy atom. The molecule has 3 heterocycles. The zero-order valence-electron chi connectivity index (χ0n) is 18.4. The van der Waals surface area contributed by atoms with Crippen LogP contribution in [0.1, 0.15) is 35.1 Å². The van der Waals surface area contributed by atoms with E-state index < -0.39 is 11.9 Å². The van der Waals surface area contributed by atoms with Crippen molar-refractivity contribution in [2.24, 2.45) is 0 Å². The quantitative estimate of drug-likeness (QED) is 0.398. The van der Waals surface area contributed by atoms with E-state index in [1.807, 2.05) is 30.3 Å². The van der Waals surface area contributed by atoms with Crippen LogP contribution < -0.4 is 5.56 Å². The molecule has 33 heavy (non-hydrogen) atoms. The van der Waals surface area contributed by atoms with Crippen LogP contribution in [0.15, 0.2) is 70.3 Å². The van der Waals surface area contributed by atoms with E-state index in [-0.39, 0.29) is 23.3 Å². The average Bonchev–Trinajstić information content (AvgIpc) is 3.51. The van der Waals surface area contributed by atoms with Crippen LogP contribution in [0.25, 0.3) is 11.3 Å². The fourth-order valence-corrected chi connectivity index (χ4v) is 3.92. The Balaban J connectivity index is 1.76. The molecule has 1 aromatic carbocycles. The highest BCUT2D eigenvalue weighted by Gasteiger charge is 2.29. The van der Waals surface area contributed by atoms with Gasteiger partial charge in [0.05, 0.1) is 31.3 Å². The summed E-state index contributed by atoms with van der Waals surface area (Å²) in [6.07, 6.45) is 3.70. The van der Waals surface area contributed by atoms with Gasteiger partial charge in [0.1, 0.15) is 17.3 Å². The number of H-pyrrole nitrogens is 1. The van der Waals surface area contributed by atoms with Gasteiger partial charge in [-0.05, 0) is 25.1 Å². The van der Waals surface area contributed by atoms with Crippen LogP contribution in [-0.2, 0) is 22.5 Å². The normalized spacial score (nSPS) is 11.9. The van der Waals surface area contributed by atoms with E-state index in [1.54, 1.807) is 36.1 Å². The van der Waals surface area contributed by atoms with Gasteiger partial charge in [-0.2, -0.15) is 0 Å². The molecular weight excluding hydrogens is 422 g/mol. The lowest BCUT2D eigenvalue weighted by molar-refractivity contribution is -0.140. The highest BCUT2D eigenvalue weighted by molar-refractivity contribution is 5.71. The van der Waals surface area contributed by atoms with E-state index in [0.717, 1.165) is 11.3 Å². The number of hydrogen-bond donors (Lipinski definition) is 2. The number of aromatic hydroxyl groups is 1. The number of benzene rings is 1. The second-order valence-corrected chi connectivity index (χ2v) is 7.77. The maximum Gasteiger partial charge on any atom is 0.306 e. The first kappa shape index (κ1) is 22.1. The molecule has 0 spiro atoms. The third kappa shape index (κ3) is 4.74. The van der Waals surface area contributed by atoms with Gasteiger partial charge in [-0.1, -0.05) is 30.3 Å². The Kier molecular flexibility index (Phi) is 6.44. The van der Waals surface area contributed by atoms with E-state index in [0.29, 0.717) is 30.2 Å². The summed E-state index contributed by atoms with van der Waals surface area (Å²) in [5.74, 6) is -0.494. The fourth-order valence-electron chi connectivity index (χ4n) is 3.92. The Bertz CT molecular complexity index is 1290. The lowest BCUT2D eigenvalue weighted by Gasteiger charge is -2.18. The summed E-state index contributed by atoms with van der Waals surface area (Å²) in [6.45, 7) is 2.14. The second-order valence-electron chi connectivity index (χ2n) is 7.77. The van der Waals surface area contributed by atoms with E-state index >= 15 is 0 Å². The molecule has 0 radical (unpaired) electrons. The van der Waals surface area contributed by atoms with Crippen LogP contribution in [0.3, 0.4) is 0 Å². The standard InChI is InChI=1S/C25H25N3O5/c1-16-12-20(29)24(25(31)28(16)11-10-18-14-26-15-27-18)19(13-23(30)32-2)22-9-8-21(33-22)17-6-4-3-5-7-17/h3-9,12,14-15,19,29H,10-11,13H2,1-2H3,(H,26,27)/t19-/m1/s1. The summed E-state index contributed by atoms with van der Waals surface area (Å²) in [5, 5.41) is 10.8. The van der Waals surface area contributed by atoms with Crippen molar-refractivity contribution in [2.45, 2.75) is 32.2 Å². The third-order valence-corrected chi connectivity index (χ3v) is 5.66. The van der Waals surface area contributed by atoms with Gasteiger partial charge >= 0.3 is 5.97 Å². The lowest BCUT2D eigenvalue weighted by Crippen LogP contribution is -2.29. The Labute approximate surface area is 190 Å². The number of esters is 1. The largest absolute Gasteiger partial charge is 0.507 e. The van der Waals surface area contributed by atoms with Crippen molar-refractivity contribution in [3.8, 4) is 17.1 Å². The minimum atomic E-state index is -0.804. The molecule has 0 aliphatic carbocycles. The van der Waals surface area contributed by atoms with Gasteiger partial charge in [0.25, 0.3) is 5.56 Å². The fraction of sp³-hybridized carbons (Fsp3) is 0.240. The van der Waals surface area contributed by atoms with Gasteiger partial charge in [0, 0.05) is 36.1 Å². The lowest BCUT2D eigenvalue weighted by atomic mass is 9.93. The zero-order chi connectivity index (χ0) is 23.4. The number of furan rings is 1. The van der Waals surface area contributed by atoms with Crippen LogP contribution >= 0.6 is 0 Å². The molecule has 8 nitrogen and oxygen atoms in total. The highest BCUT2D eigenvalue weighted by atomic mass is 16.5. The van der Waals surface area contributed by atoms with Gasteiger partial charge < -0.3 is 23.8 Å². The molecule has 0 aliphatic rings. The summed E-state index contributed by atoms with van der Waals surface area (Å²) in [6, 6.07) is 14.6. The number of hydrogen-bond acceptors (Lipinski definition) is 6. The number of ether oxygens (including phenoxy) is 1. The smallest absolute Gasteiger partial charge is 0.306 e. The third-order valence-electron chi connectivity index (χ3n) is 5.66. The maximum atomic E-state index is 13.5. The zero-order valence-corrected chi connectivity index (χ0v) is 18.4. The summed E-state index contributed by atoms with van der Waals surface area (Å²) in [5.41, 5.74) is 2.09. The van der Waals surface area contributed by atoms with E-state index in [9.17, 15) is 14.7 Å². The molecule has 4 rings (SSSR count). The van der Waals surface area contributed by atoms with Crippen molar-refractivity contribution in [3.63, 3.8) is 0 Å². The van der Waals surface area contributed by atoms with Gasteiger partial charge in [0.2, 0.25) is 0 Å². The first-order chi connectivity index (χ1) is 16.0. The van der Waals surface area contributed by atoms with Gasteiger partial charge in [0.15, 0.2) is 0 Å². The van der Waals surface area contributed by atoms with Crippen molar-refractivity contribution in [2.75, 3.05) is 7.11 Å². The topological polar surface area (TPSA) is 110 Å². The summed E-state index contributed by atoms with van der Waals surface area (Å²) < 4.78 is 12.5. The van der Waals surface area contributed by atoms with Gasteiger partial charge in [-0.3, -0.25) is 9.59 Å². The van der Waals surface area contributed by atoms with Crippen LogP contribution in [0.4, 0.5) is 0 Å². The van der Waals surface area contributed by atoms with E-state index in [4.69, 9.17) is 9.15 Å². The van der Waals surface area contributed by atoms with Crippen molar-refractivity contribution >= 4 is 5.97 Å². The Morgan fingerprint density at radius 2 is 2.03 bits per heavy atom. The number of aromatic amines is 1. The van der Waals surface area contributed by atoms with E-state index in [1.165, 1.54) is 13.2 Å². The number of rotatable bonds is 8. The first-order valence-corrected chi connectivity index (χ1v) is 10.6. The van der Waals surface area contributed by atoms with E-state index in [2.05, 4.69) is 9.97 Å². The number of carbonyl (C=O) groups is 1. The minimum Gasteiger partial charge on any atom is -0.507 e. The predicted molar refractivity (Wildman–Crippen MR) is 122 cm³/mol. The number of carbonyl (C=O) groups excluding carboxylic acids is 1. The second kappa shape index (κ2) is 9.60. The summed E-state index contributed by atoms with van der Waals surface area (Å²) in [7, 11) is 1.29. The molecule has 3 aromatic heterocycles. The SMILES string of the molecule is COC(=O)C[C@H](c1ccc(-c2ccccc2)o1)c1c(O)cc(C)n(CCc2cnc[nH]2)c1=O. The molecule has 0 aliphatic heterocycles. The number of aryl methyl sites for hydroxylation is 2. The number of imidazole rings is 1. The number of nitrogens with zero attached hydrogens (tertiary/aromatic N) is 2. The van der Waals surface area contributed by atoms with Gasteiger partial charge in [-0.15, -0.1) is 0 Å². The molecule has 0 bridgehead atoms. The summed E-state index contributed by atoms with van der Waals surface area (Å²) in [4.78, 5) is 32.8. The molecular formula is C25H25N3O5. The molecule has 0 fully saturated rings. The van der Waals surface area contributed by atoms with Crippen LogP contribution in [0.5, 0.6) is 5.75 Å². The molecule has 170 valence electrons. The van der Waals surface area contributed by atoms with Crippen LogP contribution in [0.2, 0.25) is 0 Å². The molecule has 0 amide bonds. The molecule has 4 aromatic rings. The number of methoxy groups -OCH3 is 1. The van der Waals surface area contributed by atoms with Crippen molar-refractivity contribution < 1.29 is 19.1 Å². The minimum absolute atomic E-state index is 0.101. The molecule has 0 saturated heterocycles. The molecule has 0 saturated carbocycles. The molecule has 1 atom stereocenters. The van der Waals surface area contributed by atoms with Crippen molar-refractivity contribution in [1.82, 2.24) is 14.5 Å². The number of pyridine rings is 1. The van der Waals surface area contributed by atoms with Crippen LogP contribution in [-0.4, -0.2) is 32.7 Å². The average molecular weight is 447 g/mol. The first-order valence-electron chi connectivity index (χ1n) is 10.6. The Morgan fingerprint density at radius 3 is 2.73 bits per heavy atom. The molecule has 8 heteroatoms. The van der Waals surface area contributed by atoms with Crippen molar-refractivity contribution in [1.29, 1.82) is 0 Å². The maximum absolute atomic E-state index is 13.5. The highest BCUT2D eigenvalue weighted by Crippen LogP contribution is 2.35. The predicted octanol–water partition coefficient (Wildman–Crippen LogP) is 3.78. The molecule has 0 unspecified atom stereocenters. The number of aromatic nitrogens is 3. The van der Waals surface area contributed by atoms with Gasteiger partial charge in [-0.25, -0.2) is 4.98 Å².